The molecule has 0 spiro atoms. The van der Waals surface area contributed by atoms with Gasteiger partial charge in [0.05, 0.1) is 11.6 Å². The molecule has 0 amide bonds. The average molecular weight is 296 g/mol. The predicted molar refractivity (Wildman–Crippen MR) is 76.0 cm³/mol. The van der Waals surface area contributed by atoms with E-state index in [9.17, 15) is 0 Å². The maximum atomic E-state index is 6.12. The number of nitrogens with zero attached hydrogens (tertiary/aromatic N) is 2. The van der Waals surface area contributed by atoms with Gasteiger partial charge in [0.2, 0.25) is 0 Å². The van der Waals surface area contributed by atoms with Gasteiger partial charge in [-0.1, -0.05) is 34.1 Å². The number of rotatable bonds is 5. The van der Waals surface area contributed by atoms with Crippen molar-refractivity contribution in [2.24, 2.45) is 0 Å². The average Bonchev–Trinajstić information content (AvgIpc) is 3.10. The minimum absolute atomic E-state index is 0.526. The van der Waals surface area contributed by atoms with E-state index in [1.54, 1.807) is 0 Å². The van der Waals surface area contributed by atoms with Crippen LogP contribution in [0.25, 0.3) is 0 Å². The molecule has 3 rings (SSSR count). The van der Waals surface area contributed by atoms with Crippen molar-refractivity contribution in [1.82, 2.24) is 15.5 Å². The summed E-state index contributed by atoms with van der Waals surface area (Å²) in [5.41, 5.74) is 1.10. The monoisotopic (exact) mass is 295 g/mol. The van der Waals surface area contributed by atoms with Crippen LogP contribution in [0.15, 0.2) is 18.2 Å². The van der Waals surface area contributed by atoms with Crippen LogP contribution in [-0.2, 0) is 6.54 Å². The smallest absolute Gasteiger partial charge is 0.299 e. The number of aryl methyl sites for hydroxylation is 1. The molecule has 2 aromatic rings. The standard InChI is InChI=1S/C13H14ClN3OS/c1-8-2-5-11(10(14)6-8)18-13-17-16-12(19-13)7-15-9-3-4-9/h2,5-6,9,15H,3-4,7H2,1H3. The molecule has 19 heavy (non-hydrogen) atoms. The molecule has 0 saturated heterocycles. The van der Waals surface area contributed by atoms with Gasteiger partial charge >= 0.3 is 0 Å². The normalized spacial score (nSPS) is 14.6. The minimum Gasteiger partial charge on any atom is -0.428 e. The molecule has 1 saturated carbocycles. The zero-order valence-electron chi connectivity index (χ0n) is 10.5. The summed E-state index contributed by atoms with van der Waals surface area (Å²) in [4.78, 5) is 0. The molecule has 0 radical (unpaired) electrons. The lowest BCUT2D eigenvalue weighted by molar-refractivity contribution is 0.473. The molecule has 0 bridgehead atoms. The summed E-state index contributed by atoms with van der Waals surface area (Å²) in [6, 6.07) is 6.34. The van der Waals surface area contributed by atoms with Gasteiger partial charge in [-0.2, -0.15) is 0 Å². The van der Waals surface area contributed by atoms with Crippen LogP contribution in [0, 0.1) is 6.92 Å². The Morgan fingerprint density at radius 2 is 2.26 bits per heavy atom. The minimum atomic E-state index is 0.526. The summed E-state index contributed by atoms with van der Waals surface area (Å²) in [5.74, 6) is 0.616. The summed E-state index contributed by atoms with van der Waals surface area (Å²) in [6.45, 7) is 2.75. The van der Waals surface area contributed by atoms with E-state index in [0.717, 1.165) is 17.1 Å². The second kappa shape index (κ2) is 5.45. The second-order valence-electron chi connectivity index (χ2n) is 4.65. The van der Waals surface area contributed by atoms with Crippen LogP contribution in [0.4, 0.5) is 0 Å². The summed E-state index contributed by atoms with van der Waals surface area (Å²) in [6.07, 6.45) is 2.53. The Bertz CT molecular complexity index is 583. The first kappa shape index (κ1) is 12.8. The van der Waals surface area contributed by atoms with Crippen LogP contribution in [-0.4, -0.2) is 16.2 Å². The Hall–Kier alpha value is -1.17. The van der Waals surface area contributed by atoms with Gasteiger partial charge in [-0.25, -0.2) is 0 Å². The molecule has 6 heteroatoms. The van der Waals surface area contributed by atoms with E-state index in [-0.39, 0.29) is 0 Å². The molecule has 1 aromatic heterocycles. The lowest BCUT2D eigenvalue weighted by atomic mass is 10.2. The van der Waals surface area contributed by atoms with Crippen molar-refractivity contribution in [3.63, 3.8) is 0 Å². The van der Waals surface area contributed by atoms with Crippen molar-refractivity contribution in [3.05, 3.63) is 33.8 Å². The van der Waals surface area contributed by atoms with Gasteiger partial charge < -0.3 is 10.1 Å². The zero-order chi connectivity index (χ0) is 13.2. The van der Waals surface area contributed by atoms with Crippen LogP contribution >= 0.6 is 22.9 Å². The molecule has 0 atom stereocenters. The molecule has 1 aliphatic carbocycles. The van der Waals surface area contributed by atoms with E-state index in [1.165, 1.54) is 24.2 Å². The molecule has 0 aliphatic heterocycles. The Balaban J connectivity index is 1.65. The van der Waals surface area contributed by atoms with Crippen LogP contribution in [0.3, 0.4) is 0 Å². The molecule has 1 aromatic carbocycles. The van der Waals surface area contributed by atoms with E-state index < -0.39 is 0 Å². The lowest BCUT2D eigenvalue weighted by Gasteiger charge is -2.03. The molecular weight excluding hydrogens is 282 g/mol. The third-order valence-electron chi connectivity index (χ3n) is 2.85. The summed E-state index contributed by atoms with van der Waals surface area (Å²) < 4.78 is 5.65. The van der Waals surface area contributed by atoms with Crippen molar-refractivity contribution in [2.45, 2.75) is 32.4 Å². The van der Waals surface area contributed by atoms with Crippen molar-refractivity contribution in [3.8, 4) is 10.9 Å². The quantitative estimate of drug-likeness (QED) is 0.916. The molecular formula is C13H14ClN3OS. The Kier molecular flexibility index (Phi) is 3.68. The van der Waals surface area contributed by atoms with Gasteiger partial charge in [-0.3, -0.25) is 0 Å². The predicted octanol–water partition coefficient (Wildman–Crippen LogP) is 3.54. The molecule has 1 aliphatic rings. The van der Waals surface area contributed by atoms with Crippen LogP contribution < -0.4 is 10.1 Å². The highest BCUT2D eigenvalue weighted by atomic mass is 35.5. The van der Waals surface area contributed by atoms with Crippen molar-refractivity contribution < 1.29 is 4.74 Å². The van der Waals surface area contributed by atoms with E-state index >= 15 is 0 Å². The molecule has 100 valence electrons. The lowest BCUT2D eigenvalue weighted by Crippen LogP contribution is -2.14. The van der Waals surface area contributed by atoms with Gasteiger partial charge in [0.15, 0.2) is 0 Å². The Morgan fingerprint density at radius 3 is 3.00 bits per heavy atom. The van der Waals surface area contributed by atoms with Gasteiger partial charge in [-0.15, -0.1) is 5.10 Å². The number of hydrogen-bond acceptors (Lipinski definition) is 5. The number of benzene rings is 1. The topological polar surface area (TPSA) is 47.0 Å². The van der Waals surface area contributed by atoms with E-state index in [4.69, 9.17) is 16.3 Å². The molecule has 1 fully saturated rings. The first-order valence-electron chi connectivity index (χ1n) is 6.20. The largest absolute Gasteiger partial charge is 0.428 e. The number of nitrogens with one attached hydrogen (secondary N) is 1. The number of halogens is 1. The van der Waals surface area contributed by atoms with Gasteiger partial charge in [0, 0.05) is 6.04 Å². The molecule has 1 heterocycles. The SMILES string of the molecule is Cc1ccc(Oc2nnc(CNC3CC3)s2)c(Cl)c1. The number of aromatic nitrogens is 2. The molecule has 0 unspecified atom stereocenters. The van der Waals surface area contributed by atoms with Crippen molar-refractivity contribution >= 4 is 22.9 Å². The second-order valence-corrected chi connectivity index (χ2v) is 6.08. The van der Waals surface area contributed by atoms with Crippen molar-refractivity contribution in [2.75, 3.05) is 0 Å². The fraction of sp³-hybridized carbons (Fsp3) is 0.385. The van der Waals surface area contributed by atoms with E-state index in [1.807, 2.05) is 25.1 Å². The Labute approximate surface area is 120 Å². The highest BCUT2D eigenvalue weighted by molar-refractivity contribution is 7.13. The molecule has 1 N–H and O–H groups in total. The summed E-state index contributed by atoms with van der Waals surface area (Å²) in [7, 11) is 0. The maximum Gasteiger partial charge on any atom is 0.299 e. The maximum absolute atomic E-state index is 6.12. The number of hydrogen-bond donors (Lipinski definition) is 1. The number of ether oxygens (including phenoxy) is 1. The van der Waals surface area contributed by atoms with Gasteiger partial charge in [-0.05, 0) is 37.5 Å². The van der Waals surface area contributed by atoms with Crippen molar-refractivity contribution in [1.29, 1.82) is 0 Å². The van der Waals surface area contributed by atoms with Crippen LogP contribution in [0.5, 0.6) is 10.9 Å². The fourth-order valence-electron chi connectivity index (χ4n) is 1.65. The summed E-state index contributed by atoms with van der Waals surface area (Å²) in [5, 5.41) is 13.6. The first-order chi connectivity index (χ1) is 9.20. The zero-order valence-corrected chi connectivity index (χ0v) is 12.1. The third-order valence-corrected chi connectivity index (χ3v) is 3.95. The highest BCUT2D eigenvalue weighted by Gasteiger charge is 2.20. The van der Waals surface area contributed by atoms with Crippen LogP contribution in [0.1, 0.15) is 23.4 Å². The third kappa shape index (κ3) is 3.43. The van der Waals surface area contributed by atoms with E-state index in [0.29, 0.717) is 22.0 Å². The first-order valence-corrected chi connectivity index (χ1v) is 7.40. The highest BCUT2D eigenvalue weighted by Crippen LogP contribution is 2.31. The Morgan fingerprint density at radius 1 is 1.42 bits per heavy atom. The molecule has 4 nitrogen and oxygen atoms in total. The summed E-state index contributed by atoms with van der Waals surface area (Å²) >= 11 is 7.56. The fourth-order valence-corrected chi connectivity index (χ4v) is 2.58. The van der Waals surface area contributed by atoms with Gasteiger partial charge in [0.1, 0.15) is 10.8 Å². The van der Waals surface area contributed by atoms with Gasteiger partial charge in [0.25, 0.3) is 5.19 Å². The van der Waals surface area contributed by atoms with Crippen LogP contribution in [0.2, 0.25) is 5.02 Å². The van der Waals surface area contributed by atoms with E-state index in [2.05, 4.69) is 15.5 Å².